The van der Waals surface area contributed by atoms with Gasteiger partial charge in [-0.3, -0.25) is 0 Å². The lowest BCUT2D eigenvalue weighted by atomic mass is 10.2. The Kier molecular flexibility index (Phi) is 5.23. The third-order valence-corrected chi connectivity index (χ3v) is 4.75. The fourth-order valence-corrected chi connectivity index (χ4v) is 3.35. The summed E-state index contributed by atoms with van der Waals surface area (Å²) in [5, 5.41) is 3.06. The molecule has 4 rings (SSSR count). The minimum absolute atomic E-state index is 0.298. The van der Waals surface area contributed by atoms with E-state index in [0.29, 0.717) is 11.6 Å². The van der Waals surface area contributed by atoms with Gasteiger partial charge in [0, 0.05) is 38.1 Å². The molecular weight excluding hydrogens is 357 g/mol. The van der Waals surface area contributed by atoms with Crippen molar-refractivity contribution in [3.63, 3.8) is 0 Å². The summed E-state index contributed by atoms with van der Waals surface area (Å²) in [7, 11) is 1.70. The van der Waals surface area contributed by atoms with Crippen LogP contribution in [0.25, 0.3) is 0 Å². The summed E-state index contributed by atoms with van der Waals surface area (Å²) < 4.78 is 18.8. The minimum atomic E-state index is -0.298. The quantitative estimate of drug-likeness (QED) is 0.730. The van der Waals surface area contributed by atoms with Crippen LogP contribution in [0.4, 0.5) is 27.5 Å². The molecule has 0 unspecified atom stereocenters. The Labute approximate surface area is 163 Å². The summed E-state index contributed by atoms with van der Waals surface area (Å²) >= 11 is 0. The van der Waals surface area contributed by atoms with Crippen molar-refractivity contribution < 1.29 is 9.13 Å². The Morgan fingerprint density at radius 3 is 2.54 bits per heavy atom. The third kappa shape index (κ3) is 3.98. The zero-order valence-electron chi connectivity index (χ0n) is 15.7. The van der Waals surface area contributed by atoms with Crippen LogP contribution in [-0.4, -0.2) is 43.3 Å². The van der Waals surface area contributed by atoms with Gasteiger partial charge in [0.2, 0.25) is 5.95 Å². The van der Waals surface area contributed by atoms with E-state index in [-0.39, 0.29) is 5.82 Å². The molecule has 7 heteroatoms. The molecule has 0 amide bonds. The van der Waals surface area contributed by atoms with Crippen LogP contribution in [0.5, 0.6) is 5.75 Å². The van der Waals surface area contributed by atoms with Crippen LogP contribution in [0.15, 0.2) is 60.8 Å². The van der Waals surface area contributed by atoms with Crippen LogP contribution in [0.3, 0.4) is 0 Å². The van der Waals surface area contributed by atoms with Crippen molar-refractivity contribution in [1.29, 1.82) is 0 Å². The molecule has 1 aliphatic heterocycles. The lowest BCUT2D eigenvalue weighted by Crippen LogP contribution is -2.47. The first-order valence-electron chi connectivity index (χ1n) is 9.21. The molecular formula is C21H22FN5O. The molecule has 1 aliphatic rings. The summed E-state index contributed by atoms with van der Waals surface area (Å²) in [5.74, 6) is 1.90. The number of hydrogen-bond donors (Lipinski definition) is 1. The number of aromatic nitrogens is 2. The summed E-state index contributed by atoms with van der Waals surface area (Å²) in [6, 6.07) is 16.2. The Hall–Kier alpha value is -3.35. The maximum atomic E-state index is 13.4. The molecule has 2 aromatic carbocycles. The smallest absolute Gasteiger partial charge is 0.229 e. The zero-order chi connectivity index (χ0) is 19.3. The van der Waals surface area contributed by atoms with E-state index >= 15 is 0 Å². The molecule has 0 saturated carbocycles. The zero-order valence-corrected chi connectivity index (χ0v) is 15.7. The molecule has 1 fully saturated rings. The molecule has 1 aromatic heterocycles. The average molecular weight is 379 g/mol. The Balaban J connectivity index is 1.43. The van der Waals surface area contributed by atoms with Gasteiger partial charge in [-0.25, -0.2) is 9.37 Å². The lowest BCUT2D eigenvalue weighted by molar-refractivity contribution is 0.413. The van der Waals surface area contributed by atoms with Gasteiger partial charge in [0.05, 0.1) is 12.8 Å². The normalized spacial score (nSPS) is 14.1. The van der Waals surface area contributed by atoms with Gasteiger partial charge in [0.25, 0.3) is 0 Å². The number of benzene rings is 2. The van der Waals surface area contributed by atoms with E-state index < -0.39 is 0 Å². The fraction of sp³-hybridized carbons (Fsp3) is 0.238. The van der Waals surface area contributed by atoms with Crippen molar-refractivity contribution >= 4 is 23.1 Å². The summed E-state index contributed by atoms with van der Waals surface area (Å²) in [5.41, 5.74) is 1.74. The van der Waals surface area contributed by atoms with Crippen molar-refractivity contribution in [2.24, 2.45) is 0 Å². The van der Waals surface area contributed by atoms with E-state index in [0.717, 1.165) is 43.4 Å². The molecule has 0 radical (unpaired) electrons. The monoisotopic (exact) mass is 379 g/mol. The number of anilines is 4. The highest BCUT2D eigenvalue weighted by Crippen LogP contribution is 2.29. The molecule has 3 aromatic rings. The number of ether oxygens (including phenoxy) is 1. The minimum Gasteiger partial charge on any atom is -0.495 e. The van der Waals surface area contributed by atoms with Crippen LogP contribution in [-0.2, 0) is 0 Å². The maximum absolute atomic E-state index is 13.4. The van der Waals surface area contributed by atoms with Gasteiger partial charge >= 0.3 is 0 Å². The Morgan fingerprint density at radius 2 is 1.75 bits per heavy atom. The van der Waals surface area contributed by atoms with Crippen LogP contribution in [0, 0.1) is 5.82 Å². The first kappa shape index (κ1) is 18.0. The molecule has 1 saturated heterocycles. The van der Waals surface area contributed by atoms with Gasteiger partial charge < -0.3 is 19.9 Å². The highest BCUT2D eigenvalue weighted by atomic mass is 19.1. The topological polar surface area (TPSA) is 53.5 Å². The van der Waals surface area contributed by atoms with Gasteiger partial charge in [-0.1, -0.05) is 18.2 Å². The van der Waals surface area contributed by atoms with Crippen molar-refractivity contribution in [3.8, 4) is 5.75 Å². The number of para-hydroxylation sites is 2. The maximum Gasteiger partial charge on any atom is 0.229 e. The van der Waals surface area contributed by atoms with Gasteiger partial charge in [-0.05, 0) is 36.4 Å². The van der Waals surface area contributed by atoms with Crippen LogP contribution in [0.1, 0.15) is 0 Å². The predicted molar refractivity (Wildman–Crippen MR) is 109 cm³/mol. The van der Waals surface area contributed by atoms with E-state index in [4.69, 9.17) is 4.74 Å². The standard InChI is InChI=1S/C21H22FN5O/c1-28-19-8-3-2-7-18(19)26-11-13-27(14-12-26)20-9-10-23-21(25-20)24-17-6-4-5-16(22)15-17/h2-10,15H,11-14H2,1H3,(H,23,24,25). The highest BCUT2D eigenvalue weighted by molar-refractivity contribution is 5.60. The number of nitrogens with zero attached hydrogens (tertiary/aromatic N) is 4. The molecule has 1 N–H and O–H groups in total. The first-order chi connectivity index (χ1) is 13.7. The van der Waals surface area contributed by atoms with Crippen LogP contribution < -0.4 is 19.9 Å². The number of halogens is 1. The molecule has 0 spiro atoms. The fourth-order valence-electron chi connectivity index (χ4n) is 3.35. The van der Waals surface area contributed by atoms with Crippen molar-refractivity contribution in [3.05, 3.63) is 66.6 Å². The average Bonchev–Trinajstić information content (AvgIpc) is 2.74. The molecule has 0 bridgehead atoms. The van der Waals surface area contributed by atoms with Crippen molar-refractivity contribution in [2.45, 2.75) is 0 Å². The Morgan fingerprint density at radius 1 is 0.964 bits per heavy atom. The second-order valence-electron chi connectivity index (χ2n) is 6.52. The van der Waals surface area contributed by atoms with E-state index in [9.17, 15) is 4.39 Å². The lowest BCUT2D eigenvalue weighted by Gasteiger charge is -2.37. The molecule has 0 aliphatic carbocycles. The molecule has 0 atom stereocenters. The van der Waals surface area contributed by atoms with Crippen LogP contribution >= 0.6 is 0 Å². The summed E-state index contributed by atoms with van der Waals surface area (Å²) in [6.45, 7) is 3.43. The Bertz CT molecular complexity index is 943. The second kappa shape index (κ2) is 8.12. The van der Waals surface area contributed by atoms with E-state index in [1.807, 2.05) is 24.3 Å². The van der Waals surface area contributed by atoms with Gasteiger partial charge in [-0.15, -0.1) is 0 Å². The second-order valence-corrected chi connectivity index (χ2v) is 6.52. The van der Waals surface area contributed by atoms with E-state index in [1.165, 1.54) is 12.1 Å². The molecule has 2 heterocycles. The predicted octanol–water partition coefficient (Wildman–Crippen LogP) is 3.69. The number of piperazine rings is 1. The molecule has 144 valence electrons. The highest BCUT2D eigenvalue weighted by Gasteiger charge is 2.20. The molecule has 6 nitrogen and oxygen atoms in total. The summed E-state index contributed by atoms with van der Waals surface area (Å²) in [4.78, 5) is 13.4. The first-order valence-corrected chi connectivity index (χ1v) is 9.21. The number of methoxy groups -OCH3 is 1. The number of rotatable bonds is 5. The summed E-state index contributed by atoms with van der Waals surface area (Å²) in [6.07, 6.45) is 1.72. The van der Waals surface area contributed by atoms with Gasteiger partial charge in [-0.2, -0.15) is 4.98 Å². The van der Waals surface area contributed by atoms with Gasteiger partial charge in [0.15, 0.2) is 0 Å². The van der Waals surface area contributed by atoms with Crippen LogP contribution in [0.2, 0.25) is 0 Å². The van der Waals surface area contributed by atoms with Gasteiger partial charge in [0.1, 0.15) is 17.4 Å². The van der Waals surface area contributed by atoms with E-state index in [2.05, 4.69) is 31.2 Å². The van der Waals surface area contributed by atoms with Crippen molar-refractivity contribution in [2.75, 3.05) is 48.4 Å². The largest absolute Gasteiger partial charge is 0.495 e. The third-order valence-electron chi connectivity index (χ3n) is 4.75. The van der Waals surface area contributed by atoms with E-state index in [1.54, 1.807) is 25.4 Å². The molecule has 28 heavy (non-hydrogen) atoms. The SMILES string of the molecule is COc1ccccc1N1CCN(c2ccnc(Nc3cccc(F)c3)n2)CC1. The number of nitrogens with one attached hydrogen (secondary N) is 1. The van der Waals surface area contributed by atoms with Crippen molar-refractivity contribution in [1.82, 2.24) is 9.97 Å². The number of hydrogen-bond acceptors (Lipinski definition) is 6.